The van der Waals surface area contributed by atoms with E-state index >= 15 is 0 Å². The summed E-state index contributed by atoms with van der Waals surface area (Å²) in [6.07, 6.45) is 6.17. The van der Waals surface area contributed by atoms with Gasteiger partial charge in [0.2, 0.25) is 5.91 Å². The number of cyclic esters (lactones) is 1. The van der Waals surface area contributed by atoms with Crippen molar-refractivity contribution in [2.45, 2.75) is 32.0 Å². The first-order chi connectivity index (χ1) is 19.3. The van der Waals surface area contributed by atoms with E-state index in [4.69, 9.17) is 25.8 Å². The van der Waals surface area contributed by atoms with E-state index in [1.54, 1.807) is 24.3 Å². The Morgan fingerprint density at radius 3 is 2.95 bits per heavy atom. The SMILES string of the molecule is CC1CN(CC=CC(=O)Nc2cc3c(Nc4ccc(F)c(Cl)c4)ncnc3cc2OCC2CCCO2)CC(=O)O1. The molecule has 2 atom stereocenters. The Morgan fingerprint density at radius 2 is 2.17 bits per heavy atom. The third kappa shape index (κ3) is 7.04. The molecule has 0 spiro atoms. The maximum atomic E-state index is 13.6. The highest BCUT2D eigenvalue weighted by atomic mass is 35.5. The molecule has 2 saturated heterocycles. The first-order valence-corrected chi connectivity index (χ1v) is 13.4. The van der Waals surface area contributed by atoms with Crippen LogP contribution in [0.25, 0.3) is 10.9 Å². The standard InChI is InChI=1S/C28H29ClFN5O5/c1-17-13-35(14-27(37)40-17)8-2-5-26(36)34-24-11-20-23(12-25(24)39-15-19-4-3-9-38-19)31-16-32-28(20)33-18-6-7-22(30)21(29)10-18/h2,5-7,10-12,16-17,19H,3-4,8-9,13-15H2,1H3,(H,34,36)(H,31,32,33). The topological polar surface area (TPSA) is 115 Å². The predicted octanol–water partition coefficient (Wildman–Crippen LogP) is 4.47. The molecule has 10 nitrogen and oxygen atoms in total. The smallest absolute Gasteiger partial charge is 0.320 e. The fourth-order valence-corrected chi connectivity index (χ4v) is 4.78. The fraction of sp³-hybridized carbons (Fsp3) is 0.357. The van der Waals surface area contributed by atoms with Crippen molar-refractivity contribution in [3.63, 3.8) is 0 Å². The number of nitrogens with one attached hydrogen (secondary N) is 2. The Balaban J connectivity index is 1.37. The van der Waals surface area contributed by atoms with Crippen molar-refractivity contribution < 1.29 is 28.2 Å². The predicted molar refractivity (Wildman–Crippen MR) is 148 cm³/mol. The zero-order chi connectivity index (χ0) is 28.1. The van der Waals surface area contributed by atoms with Gasteiger partial charge in [-0.05, 0) is 44.0 Å². The molecule has 2 aromatic carbocycles. The molecule has 5 rings (SSSR count). The van der Waals surface area contributed by atoms with Gasteiger partial charge >= 0.3 is 5.97 Å². The van der Waals surface area contributed by atoms with Crippen LogP contribution in [0.15, 0.2) is 48.8 Å². The Kier molecular flexibility index (Phi) is 8.73. The minimum absolute atomic E-state index is 0.0242. The van der Waals surface area contributed by atoms with Crippen LogP contribution in [0.5, 0.6) is 5.75 Å². The van der Waals surface area contributed by atoms with Crippen LogP contribution in [0.2, 0.25) is 5.02 Å². The number of esters is 1. The molecule has 3 aromatic rings. The number of amides is 1. The molecule has 0 bridgehead atoms. The monoisotopic (exact) mass is 569 g/mol. The summed E-state index contributed by atoms with van der Waals surface area (Å²) in [5, 5.41) is 6.60. The third-order valence-electron chi connectivity index (χ3n) is 6.46. The van der Waals surface area contributed by atoms with E-state index in [2.05, 4.69) is 20.6 Å². The van der Waals surface area contributed by atoms with Crippen LogP contribution in [-0.4, -0.2) is 71.8 Å². The summed E-state index contributed by atoms with van der Waals surface area (Å²) in [4.78, 5) is 35.2. The van der Waals surface area contributed by atoms with Gasteiger partial charge in [0.15, 0.2) is 0 Å². The van der Waals surface area contributed by atoms with Gasteiger partial charge in [0, 0.05) is 42.9 Å². The molecule has 12 heteroatoms. The highest BCUT2D eigenvalue weighted by molar-refractivity contribution is 6.31. The number of hydrogen-bond acceptors (Lipinski definition) is 9. The molecule has 2 aliphatic heterocycles. The molecule has 2 N–H and O–H groups in total. The maximum Gasteiger partial charge on any atom is 0.320 e. The van der Waals surface area contributed by atoms with Crippen LogP contribution < -0.4 is 15.4 Å². The number of benzene rings is 2. The largest absolute Gasteiger partial charge is 0.489 e. The number of halogens is 2. The molecule has 40 heavy (non-hydrogen) atoms. The minimum atomic E-state index is -0.527. The lowest BCUT2D eigenvalue weighted by Crippen LogP contribution is -2.44. The van der Waals surface area contributed by atoms with E-state index < -0.39 is 5.82 Å². The number of anilines is 3. The fourth-order valence-electron chi connectivity index (χ4n) is 4.60. The number of nitrogens with zero attached hydrogens (tertiary/aromatic N) is 3. The summed E-state index contributed by atoms with van der Waals surface area (Å²) in [6, 6.07) is 7.72. The number of morpholine rings is 1. The average Bonchev–Trinajstić information content (AvgIpc) is 3.43. The Labute approximate surface area is 235 Å². The maximum absolute atomic E-state index is 13.6. The van der Waals surface area contributed by atoms with E-state index in [1.165, 1.54) is 24.5 Å². The molecule has 3 heterocycles. The molecule has 0 radical (unpaired) electrons. The van der Waals surface area contributed by atoms with E-state index in [0.717, 1.165) is 12.8 Å². The number of fused-ring (bicyclic) bond motifs is 1. The van der Waals surface area contributed by atoms with Crippen LogP contribution in [0.1, 0.15) is 19.8 Å². The summed E-state index contributed by atoms with van der Waals surface area (Å²) < 4.78 is 30.5. The summed E-state index contributed by atoms with van der Waals surface area (Å²) in [7, 11) is 0. The number of hydrogen-bond donors (Lipinski definition) is 2. The van der Waals surface area contributed by atoms with Gasteiger partial charge in [0.25, 0.3) is 0 Å². The van der Waals surface area contributed by atoms with Gasteiger partial charge in [-0.25, -0.2) is 14.4 Å². The van der Waals surface area contributed by atoms with Crippen LogP contribution in [0.4, 0.5) is 21.6 Å². The molecule has 1 aromatic heterocycles. The second kappa shape index (κ2) is 12.6. The van der Waals surface area contributed by atoms with Crippen molar-refractivity contribution in [2.24, 2.45) is 0 Å². The molecule has 2 aliphatic rings. The number of carbonyl (C=O) groups excluding carboxylic acids is 2. The van der Waals surface area contributed by atoms with Gasteiger partial charge in [-0.2, -0.15) is 0 Å². The first kappa shape index (κ1) is 27.8. The lowest BCUT2D eigenvalue weighted by molar-refractivity contribution is -0.156. The zero-order valence-electron chi connectivity index (χ0n) is 21.9. The Hall–Kier alpha value is -3.80. The second-order valence-electron chi connectivity index (χ2n) is 9.67. The van der Waals surface area contributed by atoms with Crippen molar-refractivity contribution in [1.82, 2.24) is 14.9 Å². The minimum Gasteiger partial charge on any atom is -0.489 e. The zero-order valence-corrected chi connectivity index (χ0v) is 22.6. The van der Waals surface area contributed by atoms with Crippen molar-refractivity contribution in [1.29, 1.82) is 0 Å². The molecular weight excluding hydrogens is 541 g/mol. The van der Waals surface area contributed by atoms with Crippen molar-refractivity contribution in [3.05, 3.63) is 59.7 Å². The summed E-state index contributed by atoms with van der Waals surface area (Å²) >= 11 is 5.94. The molecule has 0 aliphatic carbocycles. The molecular formula is C28H29ClFN5O5. The summed E-state index contributed by atoms with van der Waals surface area (Å²) in [5.74, 6) is -0.302. The van der Waals surface area contributed by atoms with Gasteiger partial charge < -0.3 is 24.8 Å². The van der Waals surface area contributed by atoms with E-state index in [9.17, 15) is 14.0 Å². The van der Waals surface area contributed by atoms with Gasteiger partial charge in [-0.1, -0.05) is 17.7 Å². The quantitative estimate of drug-likeness (QED) is 0.284. The Bertz CT molecular complexity index is 1430. The molecule has 2 fully saturated rings. The van der Waals surface area contributed by atoms with E-state index in [0.29, 0.717) is 60.1 Å². The lowest BCUT2D eigenvalue weighted by Gasteiger charge is -2.29. The van der Waals surface area contributed by atoms with E-state index in [1.807, 2.05) is 11.8 Å². The normalized spacial score (nSPS) is 19.6. The molecule has 210 valence electrons. The van der Waals surface area contributed by atoms with Gasteiger partial charge in [-0.3, -0.25) is 14.5 Å². The van der Waals surface area contributed by atoms with Crippen molar-refractivity contribution in [3.8, 4) is 5.75 Å². The average molecular weight is 570 g/mol. The third-order valence-corrected chi connectivity index (χ3v) is 6.75. The van der Waals surface area contributed by atoms with E-state index in [-0.39, 0.29) is 35.7 Å². The lowest BCUT2D eigenvalue weighted by atomic mass is 10.1. The molecule has 2 unspecified atom stereocenters. The van der Waals surface area contributed by atoms with Crippen LogP contribution >= 0.6 is 11.6 Å². The van der Waals surface area contributed by atoms with Crippen LogP contribution in [0, 0.1) is 5.82 Å². The van der Waals surface area contributed by atoms with Gasteiger partial charge in [0.1, 0.15) is 36.4 Å². The van der Waals surface area contributed by atoms with Crippen molar-refractivity contribution in [2.75, 3.05) is 43.5 Å². The number of rotatable bonds is 9. The summed E-state index contributed by atoms with van der Waals surface area (Å²) in [6.45, 7) is 4.06. The highest BCUT2D eigenvalue weighted by Crippen LogP contribution is 2.34. The van der Waals surface area contributed by atoms with Gasteiger partial charge in [-0.15, -0.1) is 0 Å². The Morgan fingerprint density at radius 1 is 1.30 bits per heavy atom. The summed E-state index contributed by atoms with van der Waals surface area (Å²) in [5.41, 5.74) is 1.53. The number of ether oxygens (including phenoxy) is 3. The van der Waals surface area contributed by atoms with Crippen LogP contribution in [0.3, 0.4) is 0 Å². The molecule has 1 amide bonds. The number of carbonyl (C=O) groups is 2. The van der Waals surface area contributed by atoms with Gasteiger partial charge in [0.05, 0.1) is 28.9 Å². The first-order valence-electron chi connectivity index (χ1n) is 13.0. The van der Waals surface area contributed by atoms with Crippen LogP contribution in [-0.2, 0) is 19.1 Å². The van der Waals surface area contributed by atoms with Crippen molar-refractivity contribution >= 4 is 51.6 Å². The highest BCUT2D eigenvalue weighted by Gasteiger charge is 2.22. The second-order valence-corrected chi connectivity index (χ2v) is 10.1. The molecule has 0 saturated carbocycles. The number of aromatic nitrogens is 2.